The molecule has 0 aromatic carbocycles. The van der Waals surface area contributed by atoms with E-state index in [0.717, 1.165) is 12.8 Å². The predicted octanol–water partition coefficient (Wildman–Crippen LogP) is 0.174. The second-order valence-corrected chi connectivity index (χ2v) is 4.13. The molecule has 1 aliphatic rings. The molecule has 0 aromatic heterocycles. The Hall–Kier alpha value is -1.81. The number of rotatable bonds is 7. The van der Waals surface area contributed by atoms with Crippen LogP contribution in [0.25, 0.3) is 0 Å². The number of aliphatic carboxylic acids is 1. The highest BCUT2D eigenvalue weighted by Gasteiger charge is 2.33. The van der Waals surface area contributed by atoms with Gasteiger partial charge < -0.3 is 20.1 Å². The van der Waals surface area contributed by atoms with Crippen LogP contribution in [0.15, 0.2) is 0 Å². The summed E-state index contributed by atoms with van der Waals surface area (Å²) in [4.78, 5) is 24.3. The van der Waals surface area contributed by atoms with Crippen LogP contribution in [0.3, 0.4) is 0 Å². The molecule has 0 bridgehead atoms. The number of hydrogen-bond donors (Lipinski definition) is 2. The minimum Gasteiger partial charge on any atom is -0.480 e. The van der Waals surface area contributed by atoms with E-state index in [0.29, 0.717) is 6.54 Å². The second kappa shape index (κ2) is 6.81. The molecular formula is C11H17N3O4. The first-order chi connectivity index (χ1) is 8.60. The van der Waals surface area contributed by atoms with Crippen LogP contribution in [0.5, 0.6) is 0 Å². The standard InChI is InChI=1S/C11H17N3O4/c1-18-7-9(10(15)16)13-11(17)14(6-2-5-12)8-3-4-8/h8-9H,2-4,6-7H2,1H3,(H,13,17)(H,15,16). The van der Waals surface area contributed by atoms with Gasteiger partial charge in [0, 0.05) is 19.7 Å². The van der Waals surface area contributed by atoms with Crippen molar-refractivity contribution in [2.24, 2.45) is 0 Å². The molecule has 0 radical (unpaired) electrons. The maximum absolute atomic E-state index is 11.9. The number of hydrogen-bond acceptors (Lipinski definition) is 4. The van der Waals surface area contributed by atoms with Crippen LogP contribution in [0.2, 0.25) is 0 Å². The molecule has 0 spiro atoms. The number of urea groups is 1. The molecule has 2 amide bonds. The first kappa shape index (κ1) is 14.3. The van der Waals surface area contributed by atoms with Gasteiger partial charge >= 0.3 is 12.0 Å². The van der Waals surface area contributed by atoms with E-state index in [4.69, 9.17) is 15.1 Å². The Labute approximate surface area is 105 Å². The summed E-state index contributed by atoms with van der Waals surface area (Å²) in [7, 11) is 1.37. The third-order valence-corrected chi connectivity index (χ3v) is 2.64. The van der Waals surface area contributed by atoms with Gasteiger partial charge in [0.25, 0.3) is 0 Å². The van der Waals surface area contributed by atoms with E-state index in [9.17, 15) is 9.59 Å². The van der Waals surface area contributed by atoms with Crippen LogP contribution < -0.4 is 5.32 Å². The monoisotopic (exact) mass is 255 g/mol. The largest absolute Gasteiger partial charge is 0.480 e. The average molecular weight is 255 g/mol. The number of carbonyl (C=O) groups excluding carboxylic acids is 1. The normalized spacial score (nSPS) is 15.6. The molecule has 18 heavy (non-hydrogen) atoms. The van der Waals surface area contributed by atoms with Crippen molar-refractivity contribution in [3.63, 3.8) is 0 Å². The Bertz CT molecular complexity index is 349. The van der Waals surface area contributed by atoms with Crippen molar-refractivity contribution in [2.45, 2.75) is 31.3 Å². The summed E-state index contributed by atoms with van der Waals surface area (Å²) >= 11 is 0. The lowest BCUT2D eigenvalue weighted by Crippen LogP contribution is -2.50. The summed E-state index contributed by atoms with van der Waals surface area (Å²) in [6.07, 6.45) is 2.05. The number of nitrogens with zero attached hydrogens (tertiary/aromatic N) is 2. The van der Waals surface area contributed by atoms with Crippen LogP contribution >= 0.6 is 0 Å². The molecule has 7 heteroatoms. The smallest absolute Gasteiger partial charge is 0.328 e. The quantitative estimate of drug-likeness (QED) is 0.675. The minimum atomic E-state index is -1.14. The number of carbonyl (C=O) groups is 2. The van der Waals surface area contributed by atoms with Crippen molar-refractivity contribution < 1.29 is 19.4 Å². The van der Waals surface area contributed by atoms with Crippen molar-refractivity contribution in [1.82, 2.24) is 10.2 Å². The molecule has 0 heterocycles. The number of methoxy groups -OCH3 is 1. The number of nitrogens with one attached hydrogen (secondary N) is 1. The molecule has 1 rings (SSSR count). The third-order valence-electron chi connectivity index (χ3n) is 2.64. The Morgan fingerprint density at radius 2 is 2.28 bits per heavy atom. The van der Waals surface area contributed by atoms with E-state index < -0.39 is 18.0 Å². The zero-order chi connectivity index (χ0) is 13.5. The van der Waals surface area contributed by atoms with Gasteiger partial charge in [-0.1, -0.05) is 0 Å². The Balaban J connectivity index is 2.54. The fraction of sp³-hybridized carbons (Fsp3) is 0.727. The lowest BCUT2D eigenvalue weighted by Gasteiger charge is -2.24. The fourth-order valence-electron chi connectivity index (χ4n) is 1.58. The molecule has 1 saturated carbocycles. The van der Waals surface area contributed by atoms with E-state index in [-0.39, 0.29) is 19.1 Å². The highest BCUT2D eigenvalue weighted by atomic mass is 16.5. The van der Waals surface area contributed by atoms with Crippen LogP contribution in [-0.4, -0.2) is 54.4 Å². The van der Waals surface area contributed by atoms with Gasteiger partial charge in [0.2, 0.25) is 0 Å². The number of nitriles is 1. The van der Waals surface area contributed by atoms with Crippen molar-refractivity contribution in [3.8, 4) is 6.07 Å². The molecule has 1 unspecified atom stereocenters. The zero-order valence-corrected chi connectivity index (χ0v) is 10.3. The number of ether oxygens (including phenoxy) is 1. The van der Waals surface area contributed by atoms with Gasteiger partial charge in [0.15, 0.2) is 6.04 Å². The molecule has 2 N–H and O–H groups in total. The van der Waals surface area contributed by atoms with Gasteiger partial charge in [-0.15, -0.1) is 0 Å². The summed E-state index contributed by atoms with van der Waals surface area (Å²) in [6.45, 7) is 0.240. The summed E-state index contributed by atoms with van der Waals surface area (Å²) in [5.41, 5.74) is 0. The van der Waals surface area contributed by atoms with E-state index in [1.807, 2.05) is 6.07 Å². The highest BCUT2D eigenvalue weighted by molar-refractivity contribution is 5.83. The third kappa shape index (κ3) is 4.22. The van der Waals surface area contributed by atoms with Crippen LogP contribution in [-0.2, 0) is 9.53 Å². The molecule has 1 aliphatic carbocycles. The fourth-order valence-corrected chi connectivity index (χ4v) is 1.58. The lowest BCUT2D eigenvalue weighted by molar-refractivity contribution is -0.140. The molecule has 100 valence electrons. The van der Waals surface area contributed by atoms with Crippen molar-refractivity contribution >= 4 is 12.0 Å². The van der Waals surface area contributed by atoms with Gasteiger partial charge in [-0.25, -0.2) is 9.59 Å². The highest BCUT2D eigenvalue weighted by Crippen LogP contribution is 2.26. The average Bonchev–Trinajstić information content (AvgIpc) is 3.13. The maximum Gasteiger partial charge on any atom is 0.328 e. The van der Waals surface area contributed by atoms with E-state index in [1.165, 1.54) is 12.0 Å². The Morgan fingerprint density at radius 1 is 1.61 bits per heavy atom. The predicted molar refractivity (Wildman–Crippen MR) is 61.8 cm³/mol. The Kier molecular flexibility index (Phi) is 5.39. The maximum atomic E-state index is 11.9. The first-order valence-corrected chi connectivity index (χ1v) is 5.76. The topological polar surface area (TPSA) is 103 Å². The zero-order valence-electron chi connectivity index (χ0n) is 10.3. The molecule has 0 aliphatic heterocycles. The molecule has 1 atom stereocenters. The van der Waals surface area contributed by atoms with Crippen LogP contribution in [0, 0.1) is 11.3 Å². The van der Waals surface area contributed by atoms with Crippen LogP contribution in [0.4, 0.5) is 4.79 Å². The van der Waals surface area contributed by atoms with Gasteiger partial charge in [-0.05, 0) is 12.8 Å². The van der Waals surface area contributed by atoms with E-state index >= 15 is 0 Å². The summed E-state index contributed by atoms with van der Waals surface area (Å²) < 4.78 is 4.74. The van der Waals surface area contributed by atoms with E-state index in [2.05, 4.69) is 5.32 Å². The van der Waals surface area contributed by atoms with Gasteiger partial charge in [0.05, 0.1) is 19.1 Å². The van der Waals surface area contributed by atoms with Crippen LogP contribution in [0.1, 0.15) is 19.3 Å². The first-order valence-electron chi connectivity index (χ1n) is 5.76. The lowest BCUT2D eigenvalue weighted by atomic mass is 10.3. The molecule has 1 fully saturated rings. The van der Waals surface area contributed by atoms with Gasteiger partial charge in [0.1, 0.15) is 0 Å². The number of carboxylic acid groups (broad SMARTS) is 1. The summed E-state index contributed by atoms with van der Waals surface area (Å²) in [5, 5.41) is 19.8. The minimum absolute atomic E-state index is 0.0855. The van der Waals surface area contributed by atoms with Crippen molar-refractivity contribution in [3.05, 3.63) is 0 Å². The SMILES string of the molecule is COCC(NC(=O)N(CCC#N)C1CC1)C(=O)O. The van der Waals surface area contributed by atoms with Crippen molar-refractivity contribution in [2.75, 3.05) is 20.3 Å². The van der Waals surface area contributed by atoms with Gasteiger partial charge in [-0.2, -0.15) is 5.26 Å². The van der Waals surface area contributed by atoms with Gasteiger partial charge in [-0.3, -0.25) is 0 Å². The molecule has 7 nitrogen and oxygen atoms in total. The number of amides is 2. The molecular weight excluding hydrogens is 238 g/mol. The van der Waals surface area contributed by atoms with E-state index in [1.54, 1.807) is 0 Å². The number of carboxylic acids is 1. The molecule has 0 saturated heterocycles. The summed E-state index contributed by atoms with van der Waals surface area (Å²) in [5.74, 6) is -1.14. The molecule has 0 aromatic rings. The van der Waals surface area contributed by atoms with Crippen molar-refractivity contribution in [1.29, 1.82) is 5.26 Å². The Morgan fingerprint density at radius 3 is 2.72 bits per heavy atom. The second-order valence-electron chi connectivity index (χ2n) is 4.13. The summed E-state index contributed by atoms with van der Waals surface area (Å²) in [6, 6.07) is 0.598.